The highest BCUT2D eigenvalue weighted by Crippen LogP contribution is 2.32. The summed E-state index contributed by atoms with van der Waals surface area (Å²) in [6.07, 6.45) is 0. The predicted molar refractivity (Wildman–Crippen MR) is 98.6 cm³/mol. The zero-order chi connectivity index (χ0) is 19.4. The van der Waals surface area contributed by atoms with Crippen molar-refractivity contribution >= 4 is 17.5 Å². The quantitative estimate of drug-likeness (QED) is 0.846. The van der Waals surface area contributed by atoms with E-state index in [4.69, 9.17) is 9.47 Å². The number of benzene rings is 2. The number of ether oxygens (including phenoxy) is 2. The minimum absolute atomic E-state index is 0.102. The second-order valence-electron chi connectivity index (χ2n) is 6.52. The van der Waals surface area contributed by atoms with Crippen molar-refractivity contribution in [1.82, 2.24) is 5.32 Å². The molecule has 0 saturated carbocycles. The first kappa shape index (κ1) is 18.7. The van der Waals surface area contributed by atoms with Gasteiger partial charge in [0, 0.05) is 11.8 Å². The SMILES string of the molecule is CC(C)[C@H](NC(=O)c1ccccc1F)C(=O)Nc1ccc2c(c1)OCCO2. The van der Waals surface area contributed by atoms with E-state index in [0.717, 1.165) is 0 Å². The summed E-state index contributed by atoms with van der Waals surface area (Å²) in [5.74, 6) is -0.693. The summed E-state index contributed by atoms with van der Waals surface area (Å²) < 4.78 is 24.8. The minimum atomic E-state index is -0.828. The molecule has 0 radical (unpaired) electrons. The molecule has 0 bridgehead atoms. The van der Waals surface area contributed by atoms with Gasteiger partial charge >= 0.3 is 0 Å². The Labute approximate surface area is 156 Å². The van der Waals surface area contributed by atoms with Gasteiger partial charge in [-0.3, -0.25) is 9.59 Å². The zero-order valence-electron chi connectivity index (χ0n) is 15.1. The lowest BCUT2D eigenvalue weighted by molar-refractivity contribution is -0.118. The topological polar surface area (TPSA) is 76.7 Å². The fourth-order valence-corrected chi connectivity index (χ4v) is 2.74. The number of carbonyl (C=O) groups is 2. The van der Waals surface area contributed by atoms with Gasteiger partial charge in [0.2, 0.25) is 5.91 Å². The van der Waals surface area contributed by atoms with Gasteiger partial charge < -0.3 is 20.1 Å². The second kappa shape index (κ2) is 8.07. The van der Waals surface area contributed by atoms with E-state index < -0.39 is 23.7 Å². The molecule has 1 aliphatic rings. The molecule has 1 heterocycles. The summed E-state index contributed by atoms with van der Waals surface area (Å²) in [4.78, 5) is 25.0. The van der Waals surface area contributed by atoms with Gasteiger partial charge in [0.15, 0.2) is 11.5 Å². The first-order valence-corrected chi connectivity index (χ1v) is 8.71. The van der Waals surface area contributed by atoms with E-state index >= 15 is 0 Å². The van der Waals surface area contributed by atoms with Gasteiger partial charge in [0.05, 0.1) is 5.56 Å². The van der Waals surface area contributed by atoms with Gasteiger partial charge in [-0.2, -0.15) is 0 Å². The zero-order valence-corrected chi connectivity index (χ0v) is 15.1. The second-order valence-corrected chi connectivity index (χ2v) is 6.52. The number of rotatable bonds is 5. The van der Waals surface area contributed by atoms with Crippen LogP contribution in [-0.2, 0) is 4.79 Å². The molecule has 0 spiro atoms. The Balaban J connectivity index is 1.72. The van der Waals surface area contributed by atoms with Crippen LogP contribution in [0.5, 0.6) is 11.5 Å². The van der Waals surface area contributed by atoms with E-state index in [0.29, 0.717) is 30.4 Å². The van der Waals surface area contributed by atoms with E-state index in [9.17, 15) is 14.0 Å². The number of hydrogen-bond acceptors (Lipinski definition) is 4. The predicted octanol–water partition coefficient (Wildman–Crippen LogP) is 2.99. The fraction of sp³-hybridized carbons (Fsp3) is 0.300. The van der Waals surface area contributed by atoms with Crippen LogP contribution in [0.15, 0.2) is 42.5 Å². The molecule has 142 valence electrons. The molecular weight excluding hydrogens is 351 g/mol. The van der Waals surface area contributed by atoms with Crippen LogP contribution in [-0.4, -0.2) is 31.1 Å². The number of carbonyl (C=O) groups excluding carboxylic acids is 2. The van der Waals surface area contributed by atoms with Gasteiger partial charge in [0.1, 0.15) is 25.1 Å². The average molecular weight is 372 g/mol. The molecule has 0 fully saturated rings. The molecule has 1 atom stereocenters. The Kier molecular flexibility index (Phi) is 5.59. The standard InChI is InChI=1S/C20H21FN2O4/c1-12(2)18(23-19(24)14-5-3-4-6-15(14)21)20(25)22-13-7-8-16-17(11-13)27-10-9-26-16/h3-8,11-12,18H,9-10H2,1-2H3,(H,22,25)(H,23,24)/t18-/m0/s1. The number of halogens is 1. The molecule has 2 amide bonds. The Bertz CT molecular complexity index is 854. The van der Waals surface area contributed by atoms with Crippen LogP contribution in [0.25, 0.3) is 0 Å². The average Bonchev–Trinajstić information content (AvgIpc) is 2.65. The molecule has 2 aromatic rings. The maximum Gasteiger partial charge on any atom is 0.254 e. The lowest BCUT2D eigenvalue weighted by Gasteiger charge is -2.23. The normalized spacial score (nSPS) is 13.8. The first-order valence-electron chi connectivity index (χ1n) is 8.71. The molecule has 0 aliphatic carbocycles. The van der Waals surface area contributed by atoms with Crippen molar-refractivity contribution in [3.63, 3.8) is 0 Å². The molecule has 3 rings (SSSR count). The lowest BCUT2D eigenvalue weighted by Crippen LogP contribution is -2.47. The maximum absolute atomic E-state index is 13.8. The third-order valence-electron chi connectivity index (χ3n) is 4.16. The number of nitrogens with one attached hydrogen (secondary N) is 2. The van der Waals surface area contributed by atoms with E-state index in [1.807, 2.05) is 0 Å². The summed E-state index contributed by atoms with van der Waals surface area (Å²) in [6, 6.07) is 9.90. The third kappa shape index (κ3) is 4.36. The molecule has 2 aromatic carbocycles. The van der Waals surface area contributed by atoms with E-state index in [1.165, 1.54) is 18.2 Å². The highest BCUT2D eigenvalue weighted by molar-refractivity contribution is 6.01. The molecule has 6 nitrogen and oxygen atoms in total. The van der Waals surface area contributed by atoms with Gasteiger partial charge in [0.25, 0.3) is 5.91 Å². The van der Waals surface area contributed by atoms with Crippen molar-refractivity contribution in [2.24, 2.45) is 5.92 Å². The van der Waals surface area contributed by atoms with Crippen LogP contribution in [0.3, 0.4) is 0 Å². The van der Waals surface area contributed by atoms with E-state index in [-0.39, 0.29) is 11.5 Å². The molecule has 0 saturated heterocycles. The van der Waals surface area contributed by atoms with Crippen LogP contribution >= 0.6 is 0 Å². The number of anilines is 1. The Morgan fingerprint density at radius 2 is 1.74 bits per heavy atom. The maximum atomic E-state index is 13.8. The van der Waals surface area contributed by atoms with E-state index in [1.54, 1.807) is 38.1 Å². The fourth-order valence-electron chi connectivity index (χ4n) is 2.74. The lowest BCUT2D eigenvalue weighted by atomic mass is 10.0. The molecule has 1 aliphatic heterocycles. The summed E-state index contributed by atoms with van der Waals surface area (Å²) in [5, 5.41) is 5.37. The molecule has 7 heteroatoms. The van der Waals surface area contributed by atoms with Crippen molar-refractivity contribution < 1.29 is 23.5 Å². The van der Waals surface area contributed by atoms with E-state index in [2.05, 4.69) is 10.6 Å². The molecule has 2 N–H and O–H groups in total. The van der Waals surface area contributed by atoms with Crippen LogP contribution in [0.1, 0.15) is 24.2 Å². The van der Waals surface area contributed by atoms with Crippen LogP contribution in [0.4, 0.5) is 10.1 Å². The Morgan fingerprint density at radius 3 is 2.44 bits per heavy atom. The molecular formula is C20H21FN2O4. The van der Waals surface area contributed by atoms with Crippen molar-refractivity contribution in [3.8, 4) is 11.5 Å². The minimum Gasteiger partial charge on any atom is -0.486 e. The van der Waals surface area contributed by atoms with Gasteiger partial charge in [-0.25, -0.2) is 4.39 Å². The number of hydrogen-bond donors (Lipinski definition) is 2. The summed E-state index contributed by atoms with van der Waals surface area (Å²) in [5.41, 5.74) is 0.422. The van der Waals surface area contributed by atoms with Crippen molar-refractivity contribution in [1.29, 1.82) is 0 Å². The number of fused-ring (bicyclic) bond motifs is 1. The highest BCUT2D eigenvalue weighted by atomic mass is 19.1. The van der Waals surface area contributed by atoms with Crippen molar-refractivity contribution in [2.45, 2.75) is 19.9 Å². The van der Waals surface area contributed by atoms with Gasteiger partial charge in [-0.15, -0.1) is 0 Å². The van der Waals surface area contributed by atoms with Gasteiger partial charge in [-0.1, -0.05) is 26.0 Å². The van der Waals surface area contributed by atoms with Crippen LogP contribution in [0.2, 0.25) is 0 Å². The molecule has 0 unspecified atom stereocenters. The molecule has 27 heavy (non-hydrogen) atoms. The first-order chi connectivity index (χ1) is 13.0. The largest absolute Gasteiger partial charge is 0.486 e. The van der Waals surface area contributed by atoms with Crippen molar-refractivity contribution in [3.05, 3.63) is 53.8 Å². The summed E-state index contributed by atoms with van der Waals surface area (Å²) in [6.45, 7) is 4.53. The highest BCUT2D eigenvalue weighted by Gasteiger charge is 2.26. The smallest absolute Gasteiger partial charge is 0.254 e. The van der Waals surface area contributed by atoms with Crippen LogP contribution in [0, 0.1) is 11.7 Å². The third-order valence-corrected chi connectivity index (χ3v) is 4.16. The number of amides is 2. The Hall–Kier alpha value is -3.09. The summed E-state index contributed by atoms with van der Waals surface area (Å²) >= 11 is 0. The monoisotopic (exact) mass is 372 g/mol. The molecule has 0 aromatic heterocycles. The van der Waals surface area contributed by atoms with Crippen LogP contribution < -0.4 is 20.1 Å². The Morgan fingerprint density at radius 1 is 1.04 bits per heavy atom. The summed E-state index contributed by atoms with van der Waals surface area (Å²) in [7, 11) is 0. The van der Waals surface area contributed by atoms with Crippen molar-refractivity contribution in [2.75, 3.05) is 18.5 Å². The van der Waals surface area contributed by atoms with Gasteiger partial charge in [-0.05, 0) is 30.2 Å².